The Morgan fingerprint density at radius 1 is 1.40 bits per heavy atom. The van der Waals surface area contributed by atoms with Gasteiger partial charge in [0.1, 0.15) is 18.2 Å². The number of aliphatic carboxylic acids is 1. The summed E-state index contributed by atoms with van der Waals surface area (Å²) in [5.41, 5.74) is 0.0843. The predicted octanol–water partition coefficient (Wildman–Crippen LogP) is 3.20. The van der Waals surface area contributed by atoms with Crippen molar-refractivity contribution in [2.75, 3.05) is 33.4 Å². The highest BCUT2D eigenvalue weighted by molar-refractivity contribution is 6.32. The highest BCUT2D eigenvalue weighted by atomic mass is 35.5. The summed E-state index contributed by atoms with van der Waals surface area (Å²) in [4.78, 5) is 13.3. The molecule has 2 rings (SSSR count). The second-order valence-electron chi connectivity index (χ2n) is 5.76. The fourth-order valence-corrected chi connectivity index (χ4v) is 3.01. The maximum absolute atomic E-state index is 10.9. The number of hydrogen-bond donors (Lipinski definition) is 1. The van der Waals surface area contributed by atoms with Crippen LogP contribution in [0.15, 0.2) is 17.7 Å². The Morgan fingerprint density at radius 3 is 2.72 bits per heavy atom. The van der Waals surface area contributed by atoms with Gasteiger partial charge >= 0.3 is 5.97 Å². The van der Waals surface area contributed by atoms with E-state index in [0.29, 0.717) is 28.7 Å². The SMILES string of the molecule is COc1cc(C=C(C#N)C(=O)O)cc(Cl)c1OCCN1CCCCC1. The molecule has 1 saturated heterocycles. The molecule has 0 unspecified atom stereocenters. The van der Waals surface area contributed by atoms with Crippen LogP contribution in [0.2, 0.25) is 5.02 Å². The van der Waals surface area contributed by atoms with Gasteiger partial charge in [-0.3, -0.25) is 4.90 Å². The molecule has 7 heteroatoms. The predicted molar refractivity (Wildman–Crippen MR) is 95.0 cm³/mol. The molecule has 1 aliphatic rings. The van der Waals surface area contributed by atoms with Crippen molar-refractivity contribution < 1.29 is 19.4 Å². The Bertz CT molecular complexity index is 691. The van der Waals surface area contributed by atoms with Gasteiger partial charge < -0.3 is 14.6 Å². The lowest BCUT2D eigenvalue weighted by Gasteiger charge is -2.26. The van der Waals surface area contributed by atoms with E-state index in [1.165, 1.54) is 32.4 Å². The van der Waals surface area contributed by atoms with E-state index in [2.05, 4.69) is 4.90 Å². The molecule has 0 bridgehead atoms. The number of carboxylic acid groups (broad SMARTS) is 1. The Hall–Kier alpha value is -2.23. The molecular formula is C18H21ClN2O4. The molecule has 0 saturated carbocycles. The molecule has 1 fully saturated rings. The first-order chi connectivity index (χ1) is 12.0. The molecule has 25 heavy (non-hydrogen) atoms. The van der Waals surface area contributed by atoms with Crippen LogP contribution in [-0.4, -0.2) is 49.3 Å². The van der Waals surface area contributed by atoms with Gasteiger partial charge in [0.2, 0.25) is 0 Å². The van der Waals surface area contributed by atoms with Crippen LogP contribution < -0.4 is 9.47 Å². The summed E-state index contributed by atoms with van der Waals surface area (Å²) < 4.78 is 11.1. The minimum Gasteiger partial charge on any atom is -0.493 e. The van der Waals surface area contributed by atoms with Gasteiger partial charge in [-0.2, -0.15) is 5.26 Å². The zero-order chi connectivity index (χ0) is 18.2. The average molecular weight is 365 g/mol. The third kappa shape index (κ3) is 5.38. The van der Waals surface area contributed by atoms with Crippen molar-refractivity contribution >= 4 is 23.6 Å². The second-order valence-corrected chi connectivity index (χ2v) is 6.17. The molecule has 1 aliphatic heterocycles. The van der Waals surface area contributed by atoms with Crippen molar-refractivity contribution in [3.8, 4) is 17.6 Å². The van der Waals surface area contributed by atoms with Crippen LogP contribution in [0.25, 0.3) is 6.08 Å². The molecule has 0 aromatic heterocycles. The monoisotopic (exact) mass is 364 g/mol. The van der Waals surface area contributed by atoms with Crippen LogP contribution in [-0.2, 0) is 4.79 Å². The minimum absolute atomic E-state index is 0.312. The number of carbonyl (C=O) groups is 1. The number of rotatable bonds is 7. The van der Waals surface area contributed by atoms with Gasteiger partial charge in [-0.05, 0) is 49.7 Å². The number of methoxy groups -OCH3 is 1. The Balaban J connectivity index is 2.10. The number of carboxylic acids is 1. The molecule has 0 amide bonds. The minimum atomic E-state index is -1.29. The van der Waals surface area contributed by atoms with Crippen molar-refractivity contribution in [2.45, 2.75) is 19.3 Å². The fourth-order valence-electron chi connectivity index (χ4n) is 2.73. The van der Waals surface area contributed by atoms with Gasteiger partial charge in [0, 0.05) is 6.54 Å². The lowest BCUT2D eigenvalue weighted by atomic mass is 10.1. The summed E-state index contributed by atoms with van der Waals surface area (Å²) >= 11 is 6.26. The number of likely N-dealkylation sites (tertiary alicyclic amines) is 1. The molecule has 0 aliphatic carbocycles. The van der Waals surface area contributed by atoms with E-state index < -0.39 is 5.97 Å². The zero-order valence-electron chi connectivity index (χ0n) is 14.1. The van der Waals surface area contributed by atoms with Crippen LogP contribution in [0.4, 0.5) is 0 Å². The lowest BCUT2D eigenvalue weighted by Crippen LogP contribution is -2.33. The van der Waals surface area contributed by atoms with E-state index in [9.17, 15) is 4.79 Å². The van der Waals surface area contributed by atoms with Gasteiger partial charge in [-0.15, -0.1) is 0 Å². The van der Waals surface area contributed by atoms with Crippen molar-refractivity contribution in [2.24, 2.45) is 0 Å². The third-order valence-electron chi connectivity index (χ3n) is 4.02. The Labute approximate surface area is 152 Å². The number of piperidine rings is 1. The van der Waals surface area contributed by atoms with E-state index in [4.69, 9.17) is 31.4 Å². The standard InChI is InChI=1S/C18H21ClN2O4/c1-24-16-11-13(9-14(12-20)18(22)23)10-15(19)17(16)25-8-7-21-5-3-2-4-6-21/h9-11H,2-8H2,1H3,(H,22,23). The first-order valence-corrected chi connectivity index (χ1v) is 8.50. The van der Waals surface area contributed by atoms with E-state index in [-0.39, 0.29) is 5.57 Å². The van der Waals surface area contributed by atoms with Crippen molar-refractivity contribution in [1.29, 1.82) is 5.26 Å². The fraction of sp³-hybridized carbons (Fsp3) is 0.444. The third-order valence-corrected chi connectivity index (χ3v) is 4.30. The molecule has 0 radical (unpaired) electrons. The Morgan fingerprint density at radius 2 is 2.12 bits per heavy atom. The maximum atomic E-state index is 10.9. The van der Waals surface area contributed by atoms with Gasteiger partial charge in [0.25, 0.3) is 0 Å². The molecule has 0 spiro atoms. The summed E-state index contributed by atoms with van der Waals surface area (Å²) in [6.45, 7) is 3.48. The molecule has 1 N–H and O–H groups in total. The molecule has 1 aromatic carbocycles. The molecule has 0 atom stereocenters. The van der Waals surface area contributed by atoms with Crippen molar-refractivity contribution in [3.63, 3.8) is 0 Å². The van der Waals surface area contributed by atoms with Gasteiger partial charge in [0.05, 0.1) is 12.1 Å². The molecule has 134 valence electrons. The van der Waals surface area contributed by atoms with Crippen LogP contribution in [0.1, 0.15) is 24.8 Å². The number of hydrogen-bond acceptors (Lipinski definition) is 5. The van der Waals surface area contributed by atoms with E-state index in [1.54, 1.807) is 18.2 Å². The number of benzene rings is 1. The van der Waals surface area contributed by atoms with E-state index in [0.717, 1.165) is 19.6 Å². The molecular weight excluding hydrogens is 344 g/mol. The van der Waals surface area contributed by atoms with Crippen LogP contribution in [0.5, 0.6) is 11.5 Å². The Kier molecular flexibility index (Phi) is 7.11. The number of nitrogens with zero attached hydrogens (tertiary/aromatic N) is 2. The smallest absolute Gasteiger partial charge is 0.346 e. The highest BCUT2D eigenvalue weighted by Gasteiger charge is 2.15. The summed E-state index contributed by atoms with van der Waals surface area (Å²) in [5, 5.41) is 18.1. The van der Waals surface area contributed by atoms with Crippen LogP contribution in [0.3, 0.4) is 0 Å². The highest BCUT2D eigenvalue weighted by Crippen LogP contribution is 2.37. The number of nitriles is 1. The zero-order valence-corrected chi connectivity index (χ0v) is 14.9. The lowest BCUT2D eigenvalue weighted by molar-refractivity contribution is -0.132. The largest absolute Gasteiger partial charge is 0.493 e. The van der Waals surface area contributed by atoms with Crippen molar-refractivity contribution in [1.82, 2.24) is 4.90 Å². The number of ether oxygens (including phenoxy) is 2. The van der Waals surface area contributed by atoms with Crippen LogP contribution >= 0.6 is 11.6 Å². The second kappa shape index (κ2) is 9.30. The normalized spacial score (nSPS) is 15.5. The summed E-state index contributed by atoms with van der Waals surface area (Å²) in [6, 6.07) is 4.79. The van der Waals surface area contributed by atoms with Crippen LogP contribution in [0, 0.1) is 11.3 Å². The average Bonchev–Trinajstić information content (AvgIpc) is 2.61. The molecule has 1 heterocycles. The van der Waals surface area contributed by atoms with Crippen molar-refractivity contribution in [3.05, 3.63) is 28.3 Å². The summed E-state index contributed by atoms with van der Waals surface area (Å²) in [5.74, 6) is -0.466. The topological polar surface area (TPSA) is 82.8 Å². The van der Waals surface area contributed by atoms with Gasteiger partial charge in [-0.1, -0.05) is 18.0 Å². The summed E-state index contributed by atoms with van der Waals surface area (Å²) in [6.07, 6.45) is 4.97. The molecule has 6 nitrogen and oxygen atoms in total. The van der Waals surface area contributed by atoms with E-state index >= 15 is 0 Å². The first kappa shape index (κ1) is 19.1. The first-order valence-electron chi connectivity index (χ1n) is 8.13. The van der Waals surface area contributed by atoms with Gasteiger partial charge in [-0.25, -0.2) is 4.79 Å². The van der Waals surface area contributed by atoms with E-state index in [1.807, 2.05) is 0 Å². The molecule has 1 aromatic rings. The number of halogens is 1. The van der Waals surface area contributed by atoms with Gasteiger partial charge in [0.15, 0.2) is 11.5 Å². The summed E-state index contributed by atoms with van der Waals surface area (Å²) in [7, 11) is 1.49. The quantitative estimate of drug-likeness (QED) is 0.591. The maximum Gasteiger partial charge on any atom is 0.346 e.